The van der Waals surface area contributed by atoms with Gasteiger partial charge in [0.2, 0.25) is 0 Å². The summed E-state index contributed by atoms with van der Waals surface area (Å²) >= 11 is 0. The first kappa shape index (κ1) is 20.1. The summed E-state index contributed by atoms with van der Waals surface area (Å²) in [4.78, 5) is 20.3. The molecule has 0 bridgehead atoms. The maximum absolute atomic E-state index is 12.4. The number of aliphatic hydroxyl groups is 1. The van der Waals surface area contributed by atoms with Crippen LogP contribution in [-0.2, 0) is 6.61 Å². The number of carbonyl (C=O) groups is 1. The van der Waals surface area contributed by atoms with E-state index in [0.29, 0.717) is 17.2 Å². The van der Waals surface area contributed by atoms with Gasteiger partial charge in [-0.3, -0.25) is 0 Å². The average Bonchev–Trinajstić information content (AvgIpc) is 2.77. The Balaban J connectivity index is 1.66. The van der Waals surface area contributed by atoms with Gasteiger partial charge in [-0.15, -0.1) is 0 Å². The Morgan fingerprint density at radius 3 is 2.55 bits per heavy atom. The molecule has 3 rings (SSSR count). The fourth-order valence-electron chi connectivity index (χ4n) is 2.68. The van der Waals surface area contributed by atoms with Crippen LogP contribution in [0.25, 0.3) is 0 Å². The number of methoxy groups -OCH3 is 1. The van der Waals surface area contributed by atoms with Crippen LogP contribution >= 0.6 is 0 Å². The average molecular weight is 394 g/mol. The van der Waals surface area contributed by atoms with Crippen molar-refractivity contribution in [1.82, 2.24) is 15.3 Å². The van der Waals surface area contributed by atoms with Gasteiger partial charge in [0, 0.05) is 29.7 Å². The molecule has 29 heavy (non-hydrogen) atoms. The third-order valence-electron chi connectivity index (χ3n) is 4.12. The molecule has 1 heterocycles. The summed E-state index contributed by atoms with van der Waals surface area (Å²) < 4.78 is 11.1. The van der Waals surface area contributed by atoms with Crippen LogP contribution in [0.5, 0.6) is 11.5 Å². The smallest absolute Gasteiger partial charge is 0.319 e. The number of amides is 2. The Kier molecular flexibility index (Phi) is 6.96. The van der Waals surface area contributed by atoms with Crippen LogP contribution in [-0.4, -0.2) is 34.8 Å². The number of ether oxygens (including phenoxy) is 2. The van der Waals surface area contributed by atoms with Gasteiger partial charge in [-0.2, -0.15) is 0 Å². The zero-order valence-corrected chi connectivity index (χ0v) is 15.9. The highest BCUT2D eigenvalue weighted by Gasteiger charge is 2.14. The van der Waals surface area contributed by atoms with Crippen molar-refractivity contribution < 1.29 is 19.4 Å². The number of hydrogen-bond acceptors (Lipinski definition) is 6. The first-order chi connectivity index (χ1) is 14.2. The lowest BCUT2D eigenvalue weighted by Gasteiger charge is -2.18. The lowest BCUT2D eigenvalue weighted by atomic mass is 10.1. The molecule has 8 nitrogen and oxygen atoms in total. The van der Waals surface area contributed by atoms with Crippen molar-refractivity contribution in [3.63, 3.8) is 0 Å². The first-order valence-corrected chi connectivity index (χ1v) is 8.97. The second-order valence-corrected chi connectivity index (χ2v) is 6.15. The van der Waals surface area contributed by atoms with Gasteiger partial charge in [0.05, 0.1) is 19.8 Å². The molecular formula is C21H22N4O4. The zero-order chi connectivity index (χ0) is 20.5. The van der Waals surface area contributed by atoms with Gasteiger partial charge in [-0.25, -0.2) is 14.8 Å². The third kappa shape index (κ3) is 5.66. The summed E-state index contributed by atoms with van der Waals surface area (Å²) in [5.41, 5.74) is 2.14. The summed E-state index contributed by atoms with van der Waals surface area (Å²) in [5, 5.41) is 15.1. The number of urea groups is 1. The summed E-state index contributed by atoms with van der Waals surface area (Å²) in [6, 6.07) is 13.4. The van der Waals surface area contributed by atoms with Gasteiger partial charge in [-0.05, 0) is 17.7 Å². The molecule has 2 amide bonds. The highest BCUT2D eigenvalue weighted by molar-refractivity contribution is 5.90. The quantitative estimate of drug-likeness (QED) is 0.543. The molecule has 150 valence electrons. The van der Waals surface area contributed by atoms with E-state index < -0.39 is 12.1 Å². The molecule has 8 heteroatoms. The first-order valence-electron chi connectivity index (χ1n) is 8.97. The summed E-state index contributed by atoms with van der Waals surface area (Å²) in [6.07, 6.45) is 4.77. The highest BCUT2D eigenvalue weighted by atomic mass is 16.5. The van der Waals surface area contributed by atoms with E-state index in [1.54, 1.807) is 37.7 Å². The van der Waals surface area contributed by atoms with Crippen LogP contribution in [0, 0.1) is 0 Å². The second-order valence-electron chi connectivity index (χ2n) is 6.15. The molecule has 0 spiro atoms. The number of aliphatic hydroxyl groups excluding tert-OH is 1. The van der Waals surface area contributed by atoms with Crippen molar-refractivity contribution >= 4 is 11.7 Å². The Morgan fingerprint density at radius 2 is 1.86 bits per heavy atom. The third-order valence-corrected chi connectivity index (χ3v) is 4.12. The van der Waals surface area contributed by atoms with E-state index in [1.807, 2.05) is 30.3 Å². The number of anilines is 1. The van der Waals surface area contributed by atoms with Crippen LogP contribution < -0.4 is 20.1 Å². The van der Waals surface area contributed by atoms with Gasteiger partial charge in [-0.1, -0.05) is 30.3 Å². The van der Waals surface area contributed by atoms with Crippen LogP contribution in [0.2, 0.25) is 0 Å². The van der Waals surface area contributed by atoms with E-state index >= 15 is 0 Å². The van der Waals surface area contributed by atoms with Crippen molar-refractivity contribution in [3.05, 3.63) is 78.4 Å². The second kappa shape index (κ2) is 10.0. The molecule has 0 radical (unpaired) electrons. The van der Waals surface area contributed by atoms with Crippen LogP contribution in [0.15, 0.2) is 67.3 Å². The lowest BCUT2D eigenvalue weighted by Crippen LogP contribution is -2.34. The molecular weight excluding hydrogens is 372 g/mol. The molecule has 1 unspecified atom stereocenters. The normalized spacial score (nSPS) is 11.4. The van der Waals surface area contributed by atoms with E-state index in [4.69, 9.17) is 9.47 Å². The Hall–Kier alpha value is -3.65. The summed E-state index contributed by atoms with van der Waals surface area (Å²) in [5.74, 6) is 1.00. The van der Waals surface area contributed by atoms with Gasteiger partial charge < -0.3 is 25.2 Å². The van der Waals surface area contributed by atoms with E-state index in [9.17, 15) is 9.90 Å². The Labute approximate surface area is 168 Å². The largest absolute Gasteiger partial charge is 0.493 e. The van der Waals surface area contributed by atoms with Crippen molar-refractivity contribution in [2.45, 2.75) is 12.6 Å². The number of rotatable bonds is 8. The van der Waals surface area contributed by atoms with Crippen molar-refractivity contribution in [2.24, 2.45) is 0 Å². The Morgan fingerprint density at radius 1 is 1.10 bits per heavy atom. The SMILES string of the molecule is COc1ccc(NC(=O)NC(CO)c2ccccc2)cc1OCc1cncnc1. The minimum Gasteiger partial charge on any atom is -0.493 e. The van der Waals surface area contributed by atoms with Crippen molar-refractivity contribution in [3.8, 4) is 11.5 Å². The maximum atomic E-state index is 12.4. The van der Waals surface area contributed by atoms with E-state index in [2.05, 4.69) is 20.6 Å². The molecule has 0 saturated heterocycles. The van der Waals surface area contributed by atoms with Gasteiger partial charge >= 0.3 is 6.03 Å². The molecule has 0 aliphatic heterocycles. The molecule has 1 aromatic heterocycles. The van der Waals surface area contributed by atoms with E-state index in [-0.39, 0.29) is 13.2 Å². The molecule has 0 fully saturated rings. The number of benzene rings is 2. The van der Waals surface area contributed by atoms with Crippen LogP contribution in [0.4, 0.5) is 10.5 Å². The van der Waals surface area contributed by atoms with Crippen LogP contribution in [0.3, 0.4) is 0 Å². The fourth-order valence-corrected chi connectivity index (χ4v) is 2.68. The lowest BCUT2D eigenvalue weighted by molar-refractivity contribution is 0.225. The number of nitrogens with one attached hydrogen (secondary N) is 2. The topological polar surface area (TPSA) is 106 Å². The van der Waals surface area contributed by atoms with Gasteiger partial charge in [0.15, 0.2) is 11.5 Å². The minimum atomic E-state index is -0.511. The maximum Gasteiger partial charge on any atom is 0.319 e. The predicted octanol–water partition coefficient (Wildman–Crippen LogP) is 2.92. The van der Waals surface area contributed by atoms with Crippen molar-refractivity contribution in [1.29, 1.82) is 0 Å². The van der Waals surface area contributed by atoms with E-state index in [0.717, 1.165) is 11.1 Å². The molecule has 0 aliphatic rings. The zero-order valence-electron chi connectivity index (χ0n) is 15.9. The molecule has 2 aromatic carbocycles. The van der Waals surface area contributed by atoms with E-state index in [1.165, 1.54) is 6.33 Å². The number of nitrogens with zero attached hydrogens (tertiary/aromatic N) is 2. The summed E-state index contributed by atoms with van der Waals surface area (Å²) in [7, 11) is 1.54. The number of carbonyl (C=O) groups excluding carboxylic acids is 1. The predicted molar refractivity (Wildman–Crippen MR) is 108 cm³/mol. The Bertz CT molecular complexity index is 922. The number of aromatic nitrogens is 2. The minimum absolute atomic E-state index is 0.215. The van der Waals surface area contributed by atoms with Crippen molar-refractivity contribution in [2.75, 3.05) is 19.0 Å². The van der Waals surface area contributed by atoms with Gasteiger partial charge in [0.25, 0.3) is 0 Å². The van der Waals surface area contributed by atoms with Gasteiger partial charge in [0.1, 0.15) is 12.9 Å². The summed E-state index contributed by atoms with van der Waals surface area (Å²) in [6.45, 7) is 0.0427. The number of hydrogen-bond donors (Lipinski definition) is 3. The molecule has 3 N–H and O–H groups in total. The standard InChI is InChI=1S/C21H22N4O4/c1-28-19-8-7-17(9-20(19)29-13-15-10-22-14-23-11-15)24-21(27)25-18(12-26)16-5-3-2-4-6-16/h2-11,14,18,26H,12-13H2,1H3,(H2,24,25,27). The molecule has 0 aliphatic carbocycles. The fraction of sp³-hybridized carbons (Fsp3) is 0.190. The highest BCUT2D eigenvalue weighted by Crippen LogP contribution is 2.31. The van der Waals surface area contributed by atoms with Crippen LogP contribution in [0.1, 0.15) is 17.2 Å². The monoisotopic (exact) mass is 394 g/mol. The molecule has 3 aromatic rings. The molecule has 0 saturated carbocycles. The molecule has 1 atom stereocenters.